The second-order valence-electron chi connectivity index (χ2n) is 5.88. The van der Waals surface area contributed by atoms with Crippen LogP contribution < -0.4 is 0 Å². The number of carboxylic acids is 1. The topological polar surface area (TPSA) is 57.6 Å². The summed E-state index contributed by atoms with van der Waals surface area (Å²) in [6, 6.07) is 7.82. The number of benzene rings is 1. The van der Waals surface area contributed by atoms with Gasteiger partial charge in [-0.2, -0.15) is 0 Å². The molecular weight excluding hydrogens is 322 g/mol. The Morgan fingerprint density at radius 3 is 2.32 bits per heavy atom. The van der Waals surface area contributed by atoms with Crippen LogP contribution in [0.25, 0.3) is 0 Å². The van der Waals surface area contributed by atoms with Crippen molar-refractivity contribution >= 4 is 35.2 Å². The van der Waals surface area contributed by atoms with Crippen molar-refractivity contribution in [1.29, 1.82) is 0 Å². The molecule has 0 aromatic heterocycles. The third-order valence-corrected chi connectivity index (χ3v) is 5.90. The molecule has 1 N–H and O–H groups in total. The fourth-order valence-corrected chi connectivity index (χ4v) is 4.13. The van der Waals surface area contributed by atoms with Gasteiger partial charge >= 0.3 is 5.97 Å². The molecule has 0 radical (unpaired) electrons. The van der Waals surface area contributed by atoms with Gasteiger partial charge in [0.05, 0.1) is 11.8 Å². The summed E-state index contributed by atoms with van der Waals surface area (Å²) in [5.41, 5.74) is 0. The van der Waals surface area contributed by atoms with Crippen molar-refractivity contribution in [3.8, 4) is 0 Å². The highest BCUT2D eigenvalue weighted by Gasteiger charge is 2.50. The van der Waals surface area contributed by atoms with Gasteiger partial charge < -0.3 is 10.0 Å². The summed E-state index contributed by atoms with van der Waals surface area (Å²) < 4.78 is 0. The minimum Gasteiger partial charge on any atom is -0.481 e. The molecule has 6 heteroatoms. The number of hydrogen-bond acceptors (Lipinski definition) is 3. The normalized spacial score (nSPS) is 25.0. The Morgan fingerprint density at radius 1 is 1.14 bits per heavy atom. The third kappa shape index (κ3) is 3.58. The zero-order valence-corrected chi connectivity index (χ0v) is 13.6. The summed E-state index contributed by atoms with van der Waals surface area (Å²) in [6.07, 6.45) is 2.40. The van der Waals surface area contributed by atoms with Crippen LogP contribution in [0, 0.1) is 11.8 Å². The molecule has 2 unspecified atom stereocenters. The monoisotopic (exact) mass is 339 g/mol. The van der Waals surface area contributed by atoms with E-state index >= 15 is 0 Å². The molecule has 1 saturated carbocycles. The fraction of sp³-hybridized carbons (Fsp3) is 0.500. The standard InChI is InChI=1S/C16H18ClNO3S/c17-10-1-3-11(4-2-10)22-12-5-7-18(8-6-12)15(19)13-9-14(13)16(20)21/h1-4,12-14H,5-9H2,(H,20,21). The fourth-order valence-electron chi connectivity index (χ4n) is 2.88. The maximum Gasteiger partial charge on any atom is 0.307 e. The second kappa shape index (κ2) is 6.50. The lowest BCUT2D eigenvalue weighted by Gasteiger charge is -2.32. The van der Waals surface area contributed by atoms with Crippen LogP contribution in [-0.4, -0.2) is 40.2 Å². The van der Waals surface area contributed by atoms with Gasteiger partial charge in [0.2, 0.25) is 5.91 Å². The summed E-state index contributed by atoms with van der Waals surface area (Å²) >= 11 is 7.71. The number of likely N-dealkylation sites (tertiary alicyclic amines) is 1. The van der Waals surface area contributed by atoms with Crippen LogP contribution in [0.5, 0.6) is 0 Å². The first kappa shape index (κ1) is 15.7. The van der Waals surface area contributed by atoms with Gasteiger partial charge in [-0.3, -0.25) is 9.59 Å². The Hall–Kier alpha value is -1.20. The van der Waals surface area contributed by atoms with E-state index in [1.165, 1.54) is 4.90 Å². The largest absolute Gasteiger partial charge is 0.481 e. The summed E-state index contributed by atoms with van der Waals surface area (Å²) in [7, 11) is 0. The Balaban J connectivity index is 1.47. The Kier molecular flexibility index (Phi) is 4.64. The number of hydrogen-bond donors (Lipinski definition) is 1. The molecule has 3 rings (SSSR count). The summed E-state index contributed by atoms with van der Waals surface area (Å²) in [5, 5.41) is 10.2. The summed E-state index contributed by atoms with van der Waals surface area (Å²) in [5.74, 6) is -1.54. The lowest BCUT2D eigenvalue weighted by Crippen LogP contribution is -2.40. The molecule has 0 spiro atoms. The predicted molar refractivity (Wildman–Crippen MR) is 86.1 cm³/mol. The van der Waals surface area contributed by atoms with Gasteiger partial charge in [-0.05, 0) is 43.5 Å². The number of rotatable bonds is 4. The van der Waals surface area contributed by atoms with E-state index in [1.54, 1.807) is 0 Å². The van der Waals surface area contributed by atoms with Crippen LogP contribution in [0.2, 0.25) is 5.02 Å². The number of nitrogens with zero attached hydrogens (tertiary/aromatic N) is 1. The van der Waals surface area contributed by atoms with E-state index < -0.39 is 11.9 Å². The van der Waals surface area contributed by atoms with E-state index in [-0.39, 0.29) is 11.8 Å². The number of piperidine rings is 1. The highest BCUT2D eigenvalue weighted by molar-refractivity contribution is 8.00. The van der Waals surface area contributed by atoms with E-state index in [2.05, 4.69) is 0 Å². The zero-order valence-electron chi connectivity index (χ0n) is 12.1. The number of aliphatic carboxylic acids is 1. The van der Waals surface area contributed by atoms with Crippen molar-refractivity contribution < 1.29 is 14.7 Å². The molecule has 0 bridgehead atoms. The highest BCUT2D eigenvalue weighted by atomic mass is 35.5. The minimum atomic E-state index is -0.841. The smallest absolute Gasteiger partial charge is 0.307 e. The molecule has 2 atom stereocenters. The quantitative estimate of drug-likeness (QED) is 0.915. The lowest BCUT2D eigenvalue weighted by atomic mass is 10.1. The minimum absolute atomic E-state index is 0.0299. The number of carbonyl (C=O) groups is 2. The molecule has 1 saturated heterocycles. The van der Waals surface area contributed by atoms with Crippen molar-refractivity contribution in [2.75, 3.05) is 13.1 Å². The first-order valence-corrected chi connectivity index (χ1v) is 8.74. The molecule has 1 aromatic rings. The highest BCUT2D eigenvalue weighted by Crippen LogP contribution is 2.41. The van der Waals surface area contributed by atoms with Crippen LogP contribution in [0.3, 0.4) is 0 Å². The van der Waals surface area contributed by atoms with Crippen LogP contribution in [0.1, 0.15) is 19.3 Å². The van der Waals surface area contributed by atoms with Crippen molar-refractivity contribution in [3.05, 3.63) is 29.3 Å². The van der Waals surface area contributed by atoms with Crippen molar-refractivity contribution in [2.24, 2.45) is 11.8 Å². The molecule has 1 aliphatic carbocycles. The van der Waals surface area contributed by atoms with Gasteiger partial charge in [-0.15, -0.1) is 11.8 Å². The molecular formula is C16H18ClNO3S. The Bertz CT molecular complexity index is 569. The number of amides is 1. The van der Waals surface area contributed by atoms with Gasteiger partial charge in [-0.1, -0.05) is 11.6 Å². The van der Waals surface area contributed by atoms with Gasteiger partial charge in [0.25, 0.3) is 0 Å². The number of thioether (sulfide) groups is 1. The van der Waals surface area contributed by atoms with E-state index in [9.17, 15) is 9.59 Å². The van der Waals surface area contributed by atoms with Gasteiger partial charge in [0.1, 0.15) is 0 Å². The van der Waals surface area contributed by atoms with Gasteiger partial charge in [-0.25, -0.2) is 0 Å². The number of halogens is 1. The molecule has 118 valence electrons. The van der Waals surface area contributed by atoms with E-state index in [4.69, 9.17) is 16.7 Å². The average molecular weight is 340 g/mol. The van der Waals surface area contributed by atoms with E-state index in [1.807, 2.05) is 40.9 Å². The van der Waals surface area contributed by atoms with Gasteiger partial charge in [0, 0.05) is 28.3 Å². The molecule has 2 fully saturated rings. The molecule has 22 heavy (non-hydrogen) atoms. The maximum atomic E-state index is 12.2. The molecule has 4 nitrogen and oxygen atoms in total. The van der Waals surface area contributed by atoms with E-state index in [0.717, 1.165) is 31.0 Å². The Labute approximate surface area is 138 Å². The molecule has 1 aliphatic heterocycles. The second-order valence-corrected chi connectivity index (χ2v) is 7.69. The van der Waals surface area contributed by atoms with Crippen LogP contribution in [0.4, 0.5) is 0 Å². The first-order valence-electron chi connectivity index (χ1n) is 7.48. The van der Waals surface area contributed by atoms with E-state index in [0.29, 0.717) is 11.7 Å². The Morgan fingerprint density at radius 2 is 1.77 bits per heavy atom. The van der Waals surface area contributed by atoms with Crippen molar-refractivity contribution in [2.45, 2.75) is 29.4 Å². The number of carboxylic acid groups (broad SMARTS) is 1. The molecule has 1 aromatic carbocycles. The van der Waals surface area contributed by atoms with Gasteiger partial charge in [0.15, 0.2) is 0 Å². The average Bonchev–Trinajstić information content (AvgIpc) is 3.30. The number of carbonyl (C=O) groups excluding carboxylic acids is 1. The maximum absolute atomic E-state index is 12.2. The van der Waals surface area contributed by atoms with Crippen LogP contribution in [-0.2, 0) is 9.59 Å². The molecule has 1 amide bonds. The van der Waals surface area contributed by atoms with Crippen LogP contribution in [0.15, 0.2) is 29.2 Å². The molecule has 1 heterocycles. The lowest BCUT2D eigenvalue weighted by molar-refractivity contribution is -0.142. The summed E-state index contributed by atoms with van der Waals surface area (Å²) in [6.45, 7) is 1.46. The molecule has 2 aliphatic rings. The SMILES string of the molecule is O=C(O)C1CC1C(=O)N1CCC(Sc2ccc(Cl)cc2)CC1. The first-order chi connectivity index (χ1) is 10.5. The zero-order chi connectivity index (χ0) is 15.7. The predicted octanol–water partition coefficient (Wildman–Crippen LogP) is 3.14. The summed E-state index contributed by atoms with van der Waals surface area (Å²) in [4.78, 5) is 26.1. The van der Waals surface area contributed by atoms with Crippen LogP contribution >= 0.6 is 23.4 Å². The van der Waals surface area contributed by atoms with Crippen molar-refractivity contribution in [1.82, 2.24) is 4.90 Å². The van der Waals surface area contributed by atoms with Crippen molar-refractivity contribution in [3.63, 3.8) is 0 Å². The third-order valence-electron chi connectivity index (χ3n) is 4.29.